The van der Waals surface area contributed by atoms with Crippen LogP contribution in [0.5, 0.6) is 5.88 Å². The monoisotopic (exact) mass is 291 g/mol. The maximum atomic E-state index is 13.2. The number of nitrogens with zero attached hydrogens (tertiary/aromatic N) is 1. The van der Waals surface area contributed by atoms with Crippen LogP contribution in [-0.4, -0.2) is 24.8 Å². The normalized spacial score (nSPS) is 10.4. The molecule has 1 aromatic heterocycles. The first-order valence-electron chi connectivity index (χ1n) is 5.25. The van der Waals surface area contributed by atoms with Crippen molar-refractivity contribution in [3.05, 3.63) is 22.6 Å². The third-order valence-corrected chi connectivity index (χ3v) is 2.32. The minimum Gasteiger partial charge on any atom is -0.473 e. The Morgan fingerprint density at radius 1 is 1.38 bits per heavy atom. The van der Waals surface area contributed by atoms with E-state index < -0.39 is 5.82 Å². The van der Waals surface area contributed by atoms with Gasteiger partial charge in [-0.25, -0.2) is 9.37 Å². The Morgan fingerprint density at radius 2 is 2.19 bits per heavy atom. The number of halogens is 2. The maximum absolute atomic E-state index is 13.2. The molecule has 5 heteroatoms. The van der Waals surface area contributed by atoms with Crippen molar-refractivity contribution in [1.82, 2.24) is 4.98 Å². The molecule has 0 aliphatic rings. The van der Waals surface area contributed by atoms with Gasteiger partial charge in [0.15, 0.2) is 5.82 Å². The van der Waals surface area contributed by atoms with E-state index in [1.165, 1.54) is 12.3 Å². The predicted octanol–water partition coefficient (Wildman–Crippen LogP) is 3.18. The van der Waals surface area contributed by atoms with E-state index >= 15 is 0 Å². The minimum absolute atomic E-state index is 0.0160. The highest BCUT2D eigenvalue weighted by molar-refractivity contribution is 9.10. The lowest BCUT2D eigenvalue weighted by Gasteiger charge is -2.06. The van der Waals surface area contributed by atoms with Crippen LogP contribution >= 0.6 is 15.9 Å². The van der Waals surface area contributed by atoms with E-state index in [2.05, 4.69) is 27.8 Å². The van der Waals surface area contributed by atoms with Gasteiger partial charge in [-0.2, -0.15) is 0 Å². The van der Waals surface area contributed by atoms with Crippen LogP contribution in [0.2, 0.25) is 0 Å². The van der Waals surface area contributed by atoms with Crippen molar-refractivity contribution in [2.24, 2.45) is 0 Å². The second kappa shape index (κ2) is 7.57. The summed E-state index contributed by atoms with van der Waals surface area (Å²) >= 11 is 3.12. The quantitative estimate of drug-likeness (QED) is 0.723. The standard InChI is InChI=1S/C11H15BrFNO2/c1-2-3-4-15-5-6-16-11-10(13)7-9(12)8-14-11/h7-8H,2-6H2,1H3. The Kier molecular flexibility index (Phi) is 6.33. The predicted molar refractivity (Wildman–Crippen MR) is 63.1 cm³/mol. The summed E-state index contributed by atoms with van der Waals surface area (Å²) in [6, 6.07) is 1.32. The van der Waals surface area contributed by atoms with Crippen molar-refractivity contribution in [1.29, 1.82) is 0 Å². The van der Waals surface area contributed by atoms with E-state index in [4.69, 9.17) is 9.47 Å². The van der Waals surface area contributed by atoms with Gasteiger partial charge in [0.1, 0.15) is 6.61 Å². The summed E-state index contributed by atoms with van der Waals surface area (Å²) in [6.07, 6.45) is 3.63. The van der Waals surface area contributed by atoms with E-state index in [0.717, 1.165) is 19.4 Å². The molecule has 3 nitrogen and oxygen atoms in total. The Labute approximate surface area is 103 Å². The molecule has 0 saturated heterocycles. The fourth-order valence-electron chi connectivity index (χ4n) is 1.05. The SMILES string of the molecule is CCCCOCCOc1ncc(Br)cc1F. The van der Waals surface area contributed by atoms with Gasteiger partial charge in [-0.3, -0.25) is 0 Å². The number of hydrogen-bond donors (Lipinski definition) is 0. The lowest BCUT2D eigenvalue weighted by molar-refractivity contribution is 0.0949. The molecule has 0 atom stereocenters. The van der Waals surface area contributed by atoms with Gasteiger partial charge in [0.05, 0.1) is 6.61 Å². The molecule has 0 aliphatic heterocycles. The van der Waals surface area contributed by atoms with Crippen molar-refractivity contribution in [3.8, 4) is 5.88 Å². The maximum Gasteiger partial charge on any atom is 0.250 e. The largest absolute Gasteiger partial charge is 0.473 e. The summed E-state index contributed by atoms with van der Waals surface area (Å²) in [5.41, 5.74) is 0. The highest BCUT2D eigenvalue weighted by Gasteiger charge is 2.04. The molecular formula is C11H15BrFNO2. The smallest absolute Gasteiger partial charge is 0.250 e. The average Bonchev–Trinajstić information content (AvgIpc) is 2.26. The minimum atomic E-state index is -0.470. The van der Waals surface area contributed by atoms with E-state index in [1.807, 2.05) is 0 Å². The molecule has 1 aromatic rings. The molecule has 16 heavy (non-hydrogen) atoms. The topological polar surface area (TPSA) is 31.4 Å². The summed E-state index contributed by atoms with van der Waals surface area (Å²) < 4.78 is 24.2. The number of unbranched alkanes of at least 4 members (excludes halogenated alkanes) is 1. The van der Waals surface area contributed by atoms with Gasteiger partial charge in [-0.1, -0.05) is 13.3 Å². The molecule has 0 saturated carbocycles. The van der Waals surface area contributed by atoms with Gasteiger partial charge in [0, 0.05) is 17.3 Å². The van der Waals surface area contributed by atoms with Crippen molar-refractivity contribution >= 4 is 15.9 Å². The Bertz CT molecular complexity index is 323. The first kappa shape index (κ1) is 13.4. The molecule has 0 bridgehead atoms. The number of rotatable bonds is 7. The van der Waals surface area contributed by atoms with Crippen molar-refractivity contribution < 1.29 is 13.9 Å². The Balaban J connectivity index is 2.21. The fourth-order valence-corrected chi connectivity index (χ4v) is 1.36. The van der Waals surface area contributed by atoms with Gasteiger partial charge in [-0.05, 0) is 28.4 Å². The van der Waals surface area contributed by atoms with Crippen molar-refractivity contribution in [2.45, 2.75) is 19.8 Å². The van der Waals surface area contributed by atoms with Crippen LogP contribution in [0, 0.1) is 5.82 Å². The third kappa shape index (κ3) is 4.90. The van der Waals surface area contributed by atoms with E-state index in [1.54, 1.807) is 0 Å². The third-order valence-electron chi connectivity index (χ3n) is 1.88. The number of aromatic nitrogens is 1. The summed E-state index contributed by atoms with van der Waals surface area (Å²) in [5.74, 6) is -0.453. The van der Waals surface area contributed by atoms with Crippen LogP contribution < -0.4 is 4.74 Å². The first-order valence-corrected chi connectivity index (χ1v) is 6.05. The van der Waals surface area contributed by atoms with E-state index in [9.17, 15) is 4.39 Å². The van der Waals surface area contributed by atoms with E-state index in [0.29, 0.717) is 17.7 Å². The molecule has 0 aromatic carbocycles. The summed E-state index contributed by atoms with van der Waals surface area (Å²) in [5, 5.41) is 0. The molecule has 0 N–H and O–H groups in total. The second-order valence-electron chi connectivity index (χ2n) is 3.25. The number of hydrogen-bond acceptors (Lipinski definition) is 3. The summed E-state index contributed by atoms with van der Waals surface area (Å²) in [6.45, 7) is 3.59. The average molecular weight is 292 g/mol. The first-order chi connectivity index (χ1) is 7.74. The Morgan fingerprint density at radius 3 is 2.88 bits per heavy atom. The highest BCUT2D eigenvalue weighted by Crippen LogP contribution is 2.17. The van der Waals surface area contributed by atoms with Crippen LogP contribution in [0.4, 0.5) is 4.39 Å². The molecule has 0 spiro atoms. The molecule has 1 heterocycles. The van der Waals surface area contributed by atoms with Crippen LogP contribution in [0.1, 0.15) is 19.8 Å². The van der Waals surface area contributed by atoms with Gasteiger partial charge in [-0.15, -0.1) is 0 Å². The lowest BCUT2D eigenvalue weighted by atomic mass is 10.4. The molecule has 1 rings (SSSR count). The molecule has 0 unspecified atom stereocenters. The lowest BCUT2D eigenvalue weighted by Crippen LogP contribution is -2.09. The fraction of sp³-hybridized carbons (Fsp3) is 0.545. The zero-order valence-corrected chi connectivity index (χ0v) is 10.8. The highest BCUT2D eigenvalue weighted by atomic mass is 79.9. The van der Waals surface area contributed by atoms with Gasteiger partial charge in [0.25, 0.3) is 5.88 Å². The van der Waals surface area contributed by atoms with Crippen molar-refractivity contribution in [3.63, 3.8) is 0 Å². The molecular weight excluding hydrogens is 277 g/mol. The second-order valence-corrected chi connectivity index (χ2v) is 4.17. The van der Waals surface area contributed by atoms with Gasteiger partial charge in [0.2, 0.25) is 0 Å². The van der Waals surface area contributed by atoms with Crippen LogP contribution in [-0.2, 0) is 4.74 Å². The molecule has 0 aliphatic carbocycles. The summed E-state index contributed by atoms with van der Waals surface area (Å²) in [4.78, 5) is 3.81. The zero-order valence-electron chi connectivity index (χ0n) is 9.21. The number of pyridine rings is 1. The molecule has 0 radical (unpaired) electrons. The van der Waals surface area contributed by atoms with Gasteiger partial charge < -0.3 is 9.47 Å². The van der Waals surface area contributed by atoms with Crippen LogP contribution in [0.15, 0.2) is 16.7 Å². The van der Waals surface area contributed by atoms with Crippen molar-refractivity contribution in [2.75, 3.05) is 19.8 Å². The van der Waals surface area contributed by atoms with E-state index in [-0.39, 0.29) is 5.88 Å². The number of ether oxygens (including phenoxy) is 2. The van der Waals surface area contributed by atoms with Gasteiger partial charge >= 0.3 is 0 Å². The molecule has 0 amide bonds. The zero-order chi connectivity index (χ0) is 11.8. The molecule has 90 valence electrons. The Hall–Kier alpha value is -0.680. The van der Waals surface area contributed by atoms with Crippen LogP contribution in [0.25, 0.3) is 0 Å². The summed E-state index contributed by atoms with van der Waals surface area (Å²) in [7, 11) is 0. The molecule has 0 fully saturated rings. The van der Waals surface area contributed by atoms with Crippen LogP contribution in [0.3, 0.4) is 0 Å².